The van der Waals surface area contributed by atoms with Gasteiger partial charge in [-0.25, -0.2) is 0 Å². The molecule has 0 aliphatic carbocycles. The Morgan fingerprint density at radius 1 is 1.19 bits per heavy atom. The molecule has 0 rings (SSSR count). The van der Waals surface area contributed by atoms with E-state index in [4.69, 9.17) is 10.5 Å². The van der Waals surface area contributed by atoms with E-state index < -0.39 is 11.0 Å². The van der Waals surface area contributed by atoms with Crippen LogP contribution in [0, 0.1) is 11.3 Å². The van der Waals surface area contributed by atoms with Crippen LogP contribution in [0.15, 0.2) is 0 Å². The number of ether oxygens (including phenoxy) is 1. The molecule has 0 spiro atoms. The lowest BCUT2D eigenvalue weighted by molar-refractivity contribution is -0.133. The molecule has 0 saturated heterocycles. The first-order chi connectivity index (χ1) is 9.46. The maximum atomic E-state index is 11.6. The van der Waals surface area contributed by atoms with Crippen LogP contribution in [0.2, 0.25) is 0 Å². The molecule has 0 radical (unpaired) electrons. The van der Waals surface area contributed by atoms with Gasteiger partial charge in [0, 0.05) is 13.0 Å². The lowest BCUT2D eigenvalue weighted by Crippen LogP contribution is -2.40. The van der Waals surface area contributed by atoms with E-state index in [1.165, 1.54) is 0 Å². The summed E-state index contributed by atoms with van der Waals surface area (Å²) in [7, 11) is 0. The Labute approximate surface area is 129 Å². The van der Waals surface area contributed by atoms with Crippen LogP contribution in [0.25, 0.3) is 0 Å². The summed E-state index contributed by atoms with van der Waals surface area (Å²) in [4.78, 5) is 22.9. The third-order valence-electron chi connectivity index (χ3n) is 3.49. The van der Waals surface area contributed by atoms with Gasteiger partial charge in [0.15, 0.2) is 0 Å². The highest BCUT2D eigenvalue weighted by molar-refractivity contribution is 5.80. The van der Waals surface area contributed by atoms with Crippen molar-refractivity contribution in [3.8, 4) is 0 Å². The van der Waals surface area contributed by atoms with Gasteiger partial charge in [-0.3, -0.25) is 9.59 Å². The van der Waals surface area contributed by atoms with Gasteiger partial charge in [-0.15, -0.1) is 0 Å². The van der Waals surface area contributed by atoms with Crippen molar-refractivity contribution in [3.05, 3.63) is 0 Å². The zero-order valence-corrected chi connectivity index (χ0v) is 14.4. The van der Waals surface area contributed by atoms with Crippen LogP contribution < -0.4 is 11.1 Å². The van der Waals surface area contributed by atoms with Gasteiger partial charge in [-0.1, -0.05) is 13.8 Å². The molecule has 0 saturated carbocycles. The second kappa shape index (κ2) is 8.37. The van der Waals surface area contributed by atoms with Crippen molar-refractivity contribution in [3.63, 3.8) is 0 Å². The second-order valence-electron chi connectivity index (χ2n) is 7.33. The minimum absolute atomic E-state index is 0.0805. The average molecular weight is 300 g/mol. The third kappa shape index (κ3) is 9.45. The van der Waals surface area contributed by atoms with Crippen LogP contribution in [0.3, 0.4) is 0 Å². The molecule has 0 aromatic heterocycles. The Morgan fingerprint density at radius 2 is 1.76 bits per heavy atom. The minimum atomic E-state index is -0.683. The summed E-state index contributed by atoms with van der Waals surface area (Å²) in [5.41, 5.74) is 4.23. The van der Waals surface area contributed by atoms with Crippen molar-refractivity contribution >= 4 is 11.8 Å². The maximum Gasteiger partial charge on any atom is 0.225 e. The minimum Gasteiger partial charge on any atom is -0.374 e. The van der Waals surface area contributed by atoms with Crippen molar-refractivity contribution < 1.29 is 14.3 Å². The van der Waals surface area contributed by atoms with Crippen LogP contribution in [0.4, 0.5) is 0 Å². The summed E-state index contributed by atoms with van der Waals surface area (Å²) in [5.74, 6) is 0.240. The molecule has 21 heavy (non-hydrogen) atoms. The molecule has 0 aromatic carbocycles. The Morgan fingerprint density at radius 3 is 2.24 bits per heavy atom. The van der Waals surface area contributed by atoms with Gasteiger partial charge in [-0.05, 0) is 46.5 Å². The number of carbonyl (C=O) groups excluding carboxylic acids is 2. The topological polar surface area (TPSA) is 81.4 Å². The van der Waals surface area contributed by atoms with Crippen LogP contribution in [-0.2, 0) is 14.3 Å². The van der Waals surface area contributed by atoms with Crippen molar-refractivity contribution in [2.45, 2.75) is 66.4 Å². The highest BCUT2D eigenvalue weighted by Gasteiger charge is 2.29. The number of nitrogens with two attached hydrogens (primary N) is 1. The molecule has 124 valence electrons. The van der Waals surface area contributed by atoms with E-state index in [1.54, 1.807) is 13.8 Å². The largest absolute Gasteiger partial charge is 0.374 e. The lowest BCUT2D eigenvalue weighted by Gasteiger charge is -2.30. The first-order valence-electron chi connectivity index (χ1n) is 7.67. The third-order valence-corrected chi connectivity index (χ3v) is 3.49. The highest BCUT2D eigenvalue weighted by atomic mass is 16.5. The highest BCUT2D eigenvalue weighted by Crippen LogP contribution is 2.21. The molecule has 0 bridgehead atoms. The fraction of sp³-hybridized carbons (Fsp3) is 0.875. The van der Waals surface area contributed by atoms with Gasteiger partial charge in [0.2, 0.25) is 11.8 Å². The average Bonchev–Trinajstić information content (AvgIpc) is 2.34. The molecule has 3 N–H and O–H groups in total. The van der Waals surface area contributed by atoms with E-state index in [0.717, 1.165) is 6.42 Å². The van der Waals surface area contributed by atoms with Gasteiger partial charge in [0.25, 0.3) is 0 Å². The number of primary amides is 1. The summed E-state index contributed by atoms with van der Waals surface area (Å²) in [6, 6.07) is 0. The monoisotopic (exact) mass is 300 g/mol. The summed E-state index contributed by atoms with van der Waals surface area (Å²) in [6.07, 6.45) is 2.15. The summed E-state index contributed by atoms with van der Waals surface area (Å²) in [6.45, 7) is 12.5. The molecule has 0 aromatic rings. The van der Waals surface area contributed by atoms with E-state index in [2.05, 4.69) is 19.2 Å². The van der Waals surface area contributed by atoms with Crippen LogP contribution in [-0.4, -0.2) is 30.6 Å². The van der Waals surface area contributed by atoms with Crippen molar-refractivity contribution in [2.24, 2.45) is 17.1 Å². The molecule has 0 aliphatic heterocycles. The molecule has 5 heteroatoms. The molecular formula is C16H32N2O3. The van der Waals surface area contributed by atoms with E-state index in [0.29, 0.717) is 25.3 Å². The molecule has 0 atom stereocenters. The molecule has 0 heterocycles. The zero-order chi connectivity index (χ0) is 16.7. The summed E-state index contributed by atoms with van der Waals surface area (Å²) in [5, 5.41) is 2.90. The lowest BCUT2D eigenvalue weighted by atomic mass is 9.93. The molecule has 5 nitrogen and oxygen atoms in total. The predicted octanol–water partition coefficient (Wildman–Crippen LogP) is 2.24. The van der Waals surface area contributed by atoms with E-state index >= 15 is 0 Å². The quantitative estimate of drug-likeness (QED) is 0.649. The smallest absolute Gasteiger partial charge is 0.225 e. The first kappa shape index (κ1) is 19.9. The van der Waals surface area contributed by atoms with Crippen molar-refractivity contribution in [2.75, 3.05) is 13.2 Å². The molecule has 0 fully saturated rings. The van der Waals surface area contributed by atoms with Gasteiger partial charge in [-0.2, -0.15) is 0 Å². The zero-order valence-electron chi connectivity index (χ0n) is 14.4. The number of rotatable bonds is 10. The molecule has 0 aliphatic rings. The second-order valence-corrected chi connectivity index (χ2v) is 7.33. The van der Waals surface area contributed by atoms with E-state index in [9.17, 15) is 9.59 Å². The van der Waals surface area contributed by atoms with Crippen LogP contribution in [0.1, 0.15) is 60.8 Å². The molecular weight excluding hydrogens is 268 g/mol. The number of hydrogen-bond donors (Lipinski definition) is 2. The Kier molecular flexibility index (Phi) is 7.93. The Hall–Kier alpha value is -1.10. The normalized spacial score (nSPS) is 12.5. The molecule has 0 unspecified atom stereocenters. The number of carbonyl (C=O) groups is 2. The first-order valence-corrected chi connectivity index (χ1v) is 7.67. The van der Waals surface area contributed by atoms with Crippen LogP contribution in [0.5, 0.6) is 0 Å². The van der Waals surface area contributed by atoms with E-state index in [-0.39, 0.29) is 18.4 Å². The van der Waals surface area contributed by atoms with Gasteiger partial charge in [0.1, 0.15) is 0 Å². The Bertz CT molecular complexity index is 349. The van der Waals surface area contributed by atoms with Gasteiger partial charge >= 0.3 is 0 Å². The number of amides is 2. The summed E-state index contributed by atoms with van der Waals surface area (Å²) >= 11 is 0. The van der Waals surface area contributed by atoms with Crippen molar-refractivity contribution in [1.82, 2.24) is 5.32 Å². The van der Waals surface area contributed by atoms with Crippen LogP contribution >= 0.6 is 0 Å². The number of nitrogens with one attached hydrogen (secondary N) is 1. The maximum absolute atomic E-state index is 11.6. The van der Waals surface area contributed by atoms with Gasteiger partial charge < -0.3 is 15.8 Å². The van der Waals surface area contributed by atoms with Gasteiger partial charge in [0.05, 0.1) is 17.6 Å². The molecule has 2 amide bonds. The fourth-order valence-corrected chi connectivity index (χ4v) is 1.53. The standard InChI is InChI=1S/C16H32N2O3/c1-12(2)7-8-13(19)18-10-9-16(5,6)21-11-15(3,4)14(17)20/h12H,7-11H2,1-6H3,(H2,17,20)(H,18,19). The predicted molar refractivity (Wildman–Crippen MR) is 84.7 cm³/mol. The summed E-state index contributed by atoms with van der Waals surface area (Å²) < 4.78 is 5.78. The fourth-order valence-electron chi connectivity index (χ4n) is 1.53. The van der Waals surface area contributed by atoms with Crippen molar-refractivity contribution in [1.29, 1.82) is 0 Å². The SMILES string of the molecule is CC(C)CCC(=O)NCCC(C)(C)OCC(C)(C)C(N)=O. The Balaban J connectivity index is 4.03. The number of hydrogen-bond acceptors (Lipinski definition) is 3. The van der Waals surface area contributed by atoms with E-state index in [1.807, 2.05) is 13.8 Å².